The first-order valence-electron chi connectivity index (χ1n) is 9.32. The number of tetrazole rings is 1. The van der Waals surface area contributed by atoms with E-state index in [0.29, 0.717) is 28.1 Å². The van der Waals surface area contributed by atoms with Crippen LogP contribution >= 0.6 is 11.6 Å². The predicted molar refractivity (Wildman–Crippen MR) is 112 cm³/mol. The van der Waals surface area contributed by atoms with Crippen LogP contribution in [0.25, 0.3) is 17.1 Å². The minimum atomic E-state index is -0.322. The molecule has 2 aromatic heterocycles. The summed E-state index contributed by atoms with van der Waals surface area (Å²) in [7, 11) is 0. The van der Waals surface area contributed by atoms with Gasteiger partial charge < -0.3 is 5.32 Å². The quantitative estimate of drug-likeness (QED) is 0.511. The molecule has 10 heteroatoms. The summed E-state index contributed by atoms with van der Waals surface area (Å²) in [5.41, 5.74) is 3.22. The lowest BCUT2D eigenvalue weighted by Gasteiger charge is -2.11. The molecule has 152 valence electrons. The van der Waals surface area contributed by atoms with E-state index in [1.807, 2.05) is 24.3 Å². The number of nitrogens with one attached hydrogen (secondary N) is 1. The molecule has 0 saturated carbocycles. The van der Waals surface area contributed by atoms with E-state index in [0.717, 1.165) is 5.56 Å². The number of amides is 1. The Morgan fingerprint density at radius 1 is 1.17 bits per heavy atom. The average molecular weight is 423 g/mol. The van der Waals surface area contributed by atoms with E-state index < -0.39 is 0 Å². The van der Waals surface area contributed by atoms with Gasteiger partial charge in [-0.05, 0) is 34.9 Å². The van der Waals surface area contributed by atoms with E-state index in [-0.39, 0.29) is 12.5 Å². The van der Waals surface area contributed by atoms with E-state index in [1.54, 1.807) is 22.9 Å². The Hall–Kier alpha value is -3.59. The van der Waals surface area contributed by atoms with Gasteiger partial charge in [0.2, 0.25) is 11.7 Å². The predicted octanol–water partition coefficient (Wildman–Crippen LogP) is 3.34. The molecule has 0 bridgehead atoms. The molecular weight excluding hydrogens is 404 g/mol. The third-order valence-electron chi connectivity index (χ3n) is 4.47. The lowest BCUT2D eigenvalue weighted by atomic mass is 10.0. The number of anilines is 1. The summed E-state index contributed by atoms with van der Waals surface area (Å²) in [5.74, 6) is 0.585. The molecule has 0 fully saturated rings. The molecule has 9 nitrogen and oxygen atoms in total. The van der Waals surface area contributed by atoms with Crippen molar-refractivity contribution >= 4 is 23.2 Å². The standard InChI is InChI=1S/C20H19ClN8O/c1-13(2)14-3-5-15(6-4-14)20-25-27-29(26-20)10-19(30)24-17-9-16(21)7-8-18(17)28-12-22-11-23-28/h3-9,11-13H,10H2,1-2H3,(H,24,30). The van der Waals surface area contributed by atoms with E-state index in [9.17, 15) is 4.79 Å². The summed E-state index contributed by atoms with van der Waals surface area (Å²) in [6.07, 6.45) is 2.95. The number of benzene rings is 2. The molecule has 2 aromatic carbocycles. The molecule has 1 amide bonds. The normalized spacial score (nSPS) is 11.1. The van der Waals surface area contributed by atoms with Crippen molar-refractivity contribution in [2.75, 3.05) is 5.32 Å². The van der Waals surface area contributed by atoms with Crippen LogP contribution in [0, 0.1) is 0 Å². The maximum Gasteiger partial charge on any atom is 0.248 e. The van der Waals surface area contributed by atoms with Crippen LogP contribution in [0.2, 0.25) is 5.02 Å². The van der Waals surface area contributed by atoms with Crippen molar-refractivity contribution in [2.45, 2.75) is 26.3 Å². The van der Waals surface area contributed by atoms with Crippen LogP contribution < -0.4 is 5.32 Å². The van der Waals surface area contributed by atoms with Crippen molar-refractivity contribution in [3.8, 4) is 17.1 Å². The summed E-state index contributed by atoms with van der Waals surface area (Å²) in [5, 5.41) is 19.7. The Kier molecular flexibility index (Phi) is 5.53. The van der Waals surface area contributed by atoms with Gasteiger partial charge in [-0.2, -0.15) is 9.90 Å². The first kappa shape index (κ1) is 19.7. The van der Waals surface area contributed by atoms with Gasteiger partial charge in [0.15, 0.2) is 0 Å². The maximum absolute atomic E-state index is 12.6. The lowest BCUT2D eigenvalue weighted by molar-refractivity contribution is -0.117. The fourth-order valence-electron chi connectivity index (χ4n) is 2.90. The zero-order valence-corrected chi connectivity index (χ0v) is 17.2. The van der Waals surface area contributed by atoms with Crippen LogP contribution in [0.3, 0.4) is 0 Å². The third-order valence-corrected chi connectivity index (χ3v) is 4.71. The number of hydrogen-bond donors (Lipinski definition) is 1. The fourth-order valence-corrected chi connectivity index (χ4v) is 3.07. The van der Waals surface area contributed by atoms with Crippen molar-refractivity contribution in [3.05, 3.63) is 65.7 Å². The third kappa shape index (κ3) is 4.36. The van der Waals surface area contributed by atoms with Crippen LogP contribution in [0.15, 0.2) is 55.1 Å². The van der Waals surface area contributed by atoms with Crippen LogP contribution in [-0.2, 0) is 11.3 Å². The van der Waals surface area contributed by atoms with Gasteiger partial charge in [0.05, 0.1) is 11.4 Å². The molecule has 0 saturated heterocycles. The zero-order valence-electron chi connectivity index (χ0n) is 16.4. The second kappa shape index (κ2) is 8.42. The largest absolute Gasteiger partial charge is 0.322 e. The molecular formula is C20H19ClN8O. The van der Waals surface area contributed by atoms with Gasteiger partial charge in [-0.15, -0.1) is 10.2 Å². The minimum Gasteiger partial charge on any atom is -0.322 e. The second-order valence-corrected chi connectivity index (χ2v) is 7.41. The zero-order chi connectivity index (χ0) is 21.1. The Bertz CT molecular complexity index is 1150. The first-order valence-corrected chi connectivity index (χ1v) is 9.70. The topological polar surface area (TPSA) is 103 Å². The van der Waals surface area contributed by atoms with Crippen molar-refractivity contribution < 1.29 is 4.79 Å². The fraction of sp³-hybridized carbons (Fsp3) is 0.200. The minimum absolute atomic E-state index is 0.0968. The SMILES string of the molecule is CC(C)c1ccc(-c2nnn(CC(=O)Nc3cc(Cl)ccc3-n3cncn3)n2)cc1. The number of aromatic nitrogens is 7. The van der Waals surface area contributed by atoms with Crippen LogP contribution in [0.5, 0.6) is 0 Å². The molecule has 1 N–H and O–H groups in total. The van der Waals surface area contributed by atoms with Gasteiger partial charge in [0.1, 0.15) is 19.2 Å². The highest BCUT2D eigenvalue weighted by molar-refractivity contribution is 6.31. The average Bonchev–Trinajstić information content (AvgIpc) is 3.40. The number of rotatable bonds is 6. The van der Waals surface area contributed by atoms with Gasteiger partial charge in [0, 0.05) is 10.6 Å². The molecule has 0 aliphatic heterocycles. The smallest absolute Gasteiger partial charge is 0.248 e. The van der Waals surface area contributed by atoms with Gasteiger partial charge in [-0.3, -0.25) is 4.79 Å². The van der Waals surface area contributed by atoms with Crippen molar-refractivity contribution in [1.82, 2.24) is 35.0 Å². The maximum atomic E-state index is 12.6. The second-order valence-electron chi connectivity index (χ2n) is 6.97. The van der Waals surface area contributed by atoms with Gasteiger partial charge in [-0.1, -0.05) is 49.7 Å². The summed E-state index contributed by atoms with van der Waals surface area (Å²) in [6.45, 7) is 4.17. The Balaban J connectivity index is 1.47. The summed E-state index contributed by atoms with van der Waals surface area (Å²) in [6, 6.07) is 13.1. The Morgan fingerprint density at radius 3 is 2.67 bits per heavy atom. The molecule has 30 heavy (non-hydrogen) atoms. The Morgan fingerprint density at radius 2 is 1.97 bits per heavy atom. The molecule has 0 aliphatic carbocycles. The van der Waals surface area contributed by atoms with Crippen molar-refractivity contribution in [1.29, 1.82) is 0 Å². The molecule has 4 aromatic rings. The van der Waals surface area contributed by atoms with Crippen LogP contribution in [0.4, 0.5) is 5.69 Å². The van der Waals surface area contributed by atoms with E-state index >= 15 is 0 Å². The lowest BCUT2D eigenvalue weighted by Crippen LogP contribution is -2.21. The summed E-state index contributed by atoms with van der Waals surface area (Å²) < 4.78 is 1.54. The highest BCUT2D eigenvalue weighted by atomic mass is 35.5. The van der Waals surface area contributed by atoms with E-state index in [1.165, 1.54) is 23.0 Å². The van der Waals surface area contributed by atoms with Gasteiger partial charge in [0.25, 0.3) is 0 Å². The molecule has 0 atom stereocenters. The molecule has 2 heterocycles. The number of carbonyl (C=O) groups excluding carboxylic acids is 1. The number of halogens is 1. The Labute approximate surface area is 177 Å². The van der Waals surface area contributed by atoms with Gasteiger partial charge in [-0.25, -0.2) is 9.67 Å². The van der Waals surface area contributed by atoms with Crippen LogP contribution in [0.1, 0.15) is 25.3 Å². The molecule has 4 rings (SSSR count). The number of hydrogen-bond acceptors (Lipinski definition) is 6. The van der Waals surface area contributed by atoms with E-state index in [2.05, 4.69) is 44.7 Å². The molecule has 0 radical (unpaired) electrons. The van der Waals surface area contributed by atoms with Gasteiger partial charge >= 0.3 is 0 Å². The number of nitrogens with zero attached hydrogens (tertiary/aromatic N) is 7. The van der Waals surface area contributed by atoms with E-state index in [4.69, 9.17) is 11.6 Å². The number of carbonyl (C=O) groups is 1. The van der Waals surface area contributed by atoms with Crippen LogP contribution in [-0.4, -0.2) is 40.9 Å². The molecule has 0 unspecified atom stereocenters. The first-order chi connectivity index (χ1) is 14.5. The molecule has 0 aliphatic rings. The molecule has 0 spiro atoms. The van der Waals surface area contributed by atoms with Crippen molar-refractivity contribution in [3.63, 3.8) is 0 Å². The highest BCUT2D eigenvalue weighted by Crippen LogP contribution is 2.24. The summed E-state index contributed by atoms with van der Waals surface area (Å²) in [4.78, 5) is 17.7. The monoisotopic (exact) mass is 422 g/mol. The summed E-state index contributed by atoms with van der Waals surface area (Å²) >= 11 is 6.09. The highest BCUT2D eigenvalue weighted by Gasteiger charge is 2.13. The van der Waals surface area contributed by atoms with Crippen molar-refractivity contribution in [2.24, 2.45) is 0 Å².